The Kier molecular flexibility index (Phi) is 3.57. The smallest absolute Gasteiger partial charge is 0.264 e. The molecular formula is C16H17ClN2O2S. The summed E-state index contributed by atoms with van der Waals surface area (Å²) >= 11 is 5.86. The number of nitrogens with one attached hydrogen (secondary N) is 1. The van der Waals surface area contributed by atoms with Gasteiger partial charge in [0.05, 0.1) is 28.4 Å². The van der Waals surface area contributed by atoms with Gasteiger partial charge in [-0.15, -0.1) is 0 Å². The van der Waals surface area contributed by atoms with Gasteiger partial charge >= 0.3 is 0 Å². The van der Waals surface area contributed by atoms with E-state index in [2.05, 4.69) is 5.32 Å². The molecule has 116 valence electrons. The molecule has 0 aromatic heterocycles. The van der Waals surface area contributed by atoms with Crippen molar-refractivity contribution in [3.8, 4) is 0 Å². The van der Waals surface area contributed by atoms with E-state index in [1.54, 1.807) is 12.1 Å². The Morgan fingerprint density at radius 1 is 1.09 bits per heavy atom. The molecule has 2 aromatic carbocycles. The molecule has 1 aliphatic rings. The third-order valence-corrected chi connectivity index (χ3v) is 5.61. The summed E-state index contributed by atoms with van der Waals surface area (Å²) in [6.45, 7) is 4.32. The van der Waals surface area contributed by atoms with Crippen molar-refractivity contribution in [1.82, 2.24) is 0 Å². The zero-order valence-electron chi connectivity index (χ0n) is 12.4. The molecule has 0 aliphatic carbocycles. The van der Waals surface area contributed by atoms with Crippen molar-refractivity contribution >= 4 is 33.0 Å². The normalized spacial score (nSPS) is 16.8. The maximum atomic E-state index is 13.0. The molecule has 0 saturated carbocycles. The van der Waals surface area contributed by atoms with Crippen LogP contribution < -0.4 is 9.62 Å². The van der Waals surface area contributed by atoms with Crippen LogP contribution in [0.1, 0.15) is 13.8 Å². The van der Waals surface area contributed by atoms with Gasteiger partial charge in [-0.25, -0.2) is 8.42 Å². The summed E-state index contributed by atoms with van der Waals surface area (Å²) in [7, 11) is -3.63. The molecule has 0 saturated heterocycles. The second-order valence-corrected chi connectivity index (χ2v) is 8.29. The highest BCUT2D eigenvalue weighted by molar-refractivity contribution is 7.92. The van der Waals surface area contributed by atoms with Gasteiger partial charge in [0.2, 0.25) is 0 Å². The zero-order chi connectivity index (χ0) is 16.0. The summed E-state index contributed by atoms with van der Waals surface area (Å²) < 4.78 is 27.5. The van der Waals surface area contributed by atoms with Crippen LogP contribution in [-0.4, -0.2) is 20.5 Å². The lowest BCUT2D eigenvalue weighted by Gasteiger charge is -2.41. The molecule has 0 unspecified atom stereocenters. The van der Waals surface area contributed by atoms with Crippen molar-refractivity contribution in [3.63, 3.8) is 0 Å². The van der Waals surface area contributed by atoms with E-state index in [0.29, 0.717) is 17.3 Å². The fourth-order valence-corrected chi connectivity index (χ4v) is 4.36. The first-order valence-corrected chi connectivity index (χ1v) is 8.77. The number of halogens is 1. The number of anilines is 2. The average Bonchev–Trinajstić information content (AvgIpc) is 2.46. The van der Waals surface area contributed by atoms with E-state index in [9.17, 15) is 8.42 Å². The third kappa shape index (κ3) is 2.66. The molecule has 0 spiro atoms. The maximum Gasteiger partial charge on any atom is 0.264 e. The molecule has 0 atom stereocenters. The SMILES string of the molecule is CC1(C)CN(S(=O)(=O)c2ccc(Cl)cc2)c2ccccc2N1. The monoisotopic (exact) mass is 336 g/mol. The van der Waals surface area contributed by atoms with Gasteiger partial charge in [-0.1, -0.05) is 23.7 Å². The van der Waals surface area contributed by atoms with Crippen molar-refractivity contribution in [2.45, 2.75) is 24.3 Å². The highest BCUT2D eigenvalue weighted by Crippen LogP contribution is 2.37. The Hall–Kier alpha value is -1.72. The minimum atomic E-state index is -3.63. The van der Waals surface area contributed by atoms with Crippen LogP contribution in [0.3, 0.4) is 0 Å². The van der Waals surface area contributed by atoms with Gasteiger partial charge in [0.1, 0.15) is 0 Å². The van der Waals surface area contributed by atoms with E-state index < -0.39 is 10.0 Å². The van der Waals surface area contributed by atoms with E-state index >= 15 is 0 Å². The Labute approximate surface area is 135 Å². The number of hydrogen-bond acceptors (Lipinski definition) is 3. The number of benzene rings is 2. The first-order valence-electron chi connectivity index (χ1n) is 6.95. The van der Waals surface area contributed by atoms with E-state index in [-0.39, 0.29) is 10.4 Å². The third-order valence-electron chi connectivity index (χ3n) is 3.59. The molecule has 0 amide bonds. The lowest BCUT2D eigenvalue weighted by molar-refractivity contribution is 0.543. The average molecular weight is 337 g/mol. The Morgan fingerprint density at radius 2 is 1.73 bits per heavy atom. The van der Waals surface area contributed by atoms with Crippen LogP contribution in [0.2, 0.25) is 5.02 Å². The predicted molar refractivity (Wildman–Crippen MR) is 90.1 cm³/mol. The van der Waals surface area contributed by atoms with Gasteiger partial charge in [-0.05, 0) is 50.2 Å². The molecule has 0 radical (unpaired) electrons. The Balaban J connectivity index is 2.12. The minimum Gasteiger partial charge on any atom is -0.377 e. The van der Waals surface area contributed by atoms with E-state index in [0.717, 1.165) is 5.69 Å². The summed E-state index contributed by atoms with van der Waals surface area (Å²) in [6, 6.07) is 13.7. The lowest BCUT2D eigenvalue weighted by atomic mass is 10.0. The standard InChI is InChI=1S/C16H17ClN2O2S/c1-16(2)11-19(15-6-4-3-5-14(15)18-16)22(20,21)13-9-7-12(17)8-10-13/h3-10,18H,11H2,1-2H3. The van der Waals surface area contributed by atoms with Gasteiger partial charge in [0.15, 0.2) is 0 Å². The van der Waals surface area contributed by atoms with Crippen molar-refractivity contribution in [2.75, 3.05) is 16.2 Å². The molecule has 0 fully saturated rings. The number of hydrogen-bond donors (Lipinski definition) is 1. The van der Waals surface area contributed by atoms with Crippen molar-refractivity contribution in [1.29, 1.82) is 0 Å². The zero-order valence-corrected chi connectivity index (χ0v) is 13.9. The van der Waals surface area contributed by atoms with E-state index in [1.165, 1.54) is 16.4 Å². The summed E-state index contributed by atoms with van der Waals surface area (Å²) in [4.78, 5) is 0.240. The maximum absolute atomic E-state index is 13.0. The van der Waals surface area contributed by atoms with Gasteiger partial charge in [-0.3, -0.25) is 4.31 Å². The van der Waals surface area contributed by atoms with Crippen molar-refractivity contribution < 1.29 is 8.42 Å². The van der Waals surface area contributed by atoms with Crippen LogP contribution in [0.15, 0.2) is 53.4 Å². The molecular weight excluding hydrogens is 320 g/mol. The molecule has 3 rings (SSSR count). The highest BCUT2D eigenvalue weighted by atomic mass is 35.5. The summed E-state index contributed by atoms with van der Waals surface area (Å²) in [5.74, 6) is 0. The minimum absolute atomic E-state index is 0.240. The first-order chi connectivity index (χ1) is 10.3. The highest BCUT2D eigenvalue weighted by Gasteiger charge is 2.36. The van der Waals surface area contributed by atoms with Crippen molar-refractivity contribution in [2.24, 2.45) is 0 Å². The number of rotatable bonds is 2. The van der Waals surface area contributed by atoms with Gasteiger partial charge in [-0.2, -0.15) is 0 Å². The first kappa shape index (κ1) is 15.2. The second-order valence-electron chi connectivity index (χ2n) is 5.99. The number of para-hydroxylation sites is 2. The fraction of sp³-hybridized carbons (Fsp3) is 0.250. The van der Waals surface area contributed by atoms with Crippen LogP contribution >= 0.6 is 11.6 Å². The van der Waals surface area contributed by atoms with Crippen molar-refractivity contribution in [3.05, 3.63) is 53.6 Å². The Morgan fingerprint density at radius 3 is 2.41 bits per heavy atom. The Bertz CT molecular complexity index is 801. The van der Waals surface area contributed by atoms with Crippen LogP contribution in [0.4, 0.5) is 11.4 Å². The lowest BCUT2D eigenvalue weighted by Crippen LogP contribution is -2.50. The molecule has 0 bridgehead atoms. The van der Waals surface area contributed by atoms with E-state index in [4.69, 9.17) is 11.6 Å². The summed E-state index contributed by atoms with van der Waals surface area (Å²) in [5.41, 5.74) is 1.13. The van der Waals surface area contributed by atoms with Crippen LogP contribution in [0.5, 0.6) is 0 Å². The van der Waals surface area contributed by atoms with Gasteiger partial charge in [0.25, 0.3) is 10.0 Å². The number of sulfonamides is 1. The quantitative estimate of drug-likeness (QED) is 0.908. The molecule has 4 nitrogen and oxygen atoms in total. The molecule has 1 N–H and O–H groups in total. The largest absolute Gasteiger partial charge is 0.377 e. The van der Waals surface area contributed by atoms with E-state index in [1.807, 2.05) is 38.1 Å². The summed E-state index contributed by atoms with van der Waals surface area (Å²) in [6.07, 6.45) is 0. The number of nitrogens with zero attached hydrogens (tertiary/aromatic N) is 1. The molecule has 2 aromatic rings. The molecule has 1 aliphatic heterocycles. The predicted octanol–water partition coefficient (Wildman–Crippen LogP) is 3.74. The second kappa shape index (κ2) is 5.18. The van der Waals surface area contributed by atoms with Crippen LogP contribution in [0, 0.1) is 0 Å². The summed E-state index contributed by atoms with van der Waals surface area (Å²) in [5, 5.41) is 3.89. The topological polar surface area (TPSA) is 49.4 Å². The van der Waals surface area contributed by atoms with Crippen LogP contribution in [-0.2, 0) is 10.0 Å². The van der Waals surface area contributed by atoms with Crippen LogP contribution in [0.25, 0.3) is 0 Å². The molecule has 1 heterocycles. The van der Waals surface area contributed by atoms with Gasteiger partial charge < -0.3 is 5.32 Å². The molecule has 6 heteroatoms. The molecule has 22 heavy (non-hydrogen) atoms. The fourth-order valence-electron chi connectivity index (χ4n) is 2.59. The number of fused-ring (bicyclic) bond motifs is 1. The van der Waals surface area contributed by atoms with Gasteiger partial charge in [0, 0.05) is 5.02 Å².